The predicted molar refractivity (Wildman–Crippen MR) is 138 cm³/mol. The van der Waals surface area contributed by atoms with E-state index in [9.17, 15) is 9.59 Å². The molecule has 0 radical (unpaired) electrons. The van der Waals surface area contributed by atoms with Crippen LogP contribution in [0, 0.1) is 6.92 Å². The number of hydrogen-bond acceptors (Lipinski definition) is 5. The number of piperazine rings is 1. The number of carbonyl (C=O) groups excluding carboxylic acids is 2. The lowest BCUT2D eigenvalue weighted by atomic mass is 10.1. The van der Waals surface area contributed by atoms with Gasteiger partial charge in [-0.3, -0.25) is 9.59 Å². The first kappa shape index (κ1) is 22.1. The van der Waals surface area contributed by atoms with Gasteiger partial charge in [-0.25, -0.2) is 0 Å². The van der Waals surface area contributed by atoms with Crippen LogP contribution in [0.1, 0.15) is 33.3 Å². The number of aryl methyl sites for hydroxylation is 1. The van der Waals surface area contributed by atoms with Gasteiger partial charge in [0, 0.05) is 36.7 Å². The summed E-state index contributed by atoms with van der Waals surface area (Å²) in [5, 5.41) is 3.74. The Hall–Kier alpha value is -3.71. The first-order chi connectivity index (χ1) is 16.5. The standard InChI is InChI=1S/C27H26N4O2S/c1-18-8-7-9-20(16-18)31-15-14-30(17-19(31)2)27(33)21-10-3-5-12-23(21)28-26(32)25-22-11-4-6-13-24(22)34-29-25/h3-13,16,19H,14-15,17H2,1-2H3,(H,28,32)/t19-/m0/s1. The van der Waals surface area contributed by atoms with Gasteiger partial charge in [0.15, 0.2) is 0 Å². The molecule has 4 aromatic rings. The summed E-state index contributed by atoms with van der Waals surface area (Å²) in [6.45, 7) is 6.23. The van der Waals surface area contributed by atoms with Crippen molar-refractivity contribution >= 4 is 44.8 Å². The van der Waals surface area contributed by atoms with Crippen LogP contribution in [0.2, 0.25) is 0 Å². The van der Waals surface area contributed by atoms with Crippen LogP contribution in [-0.2, 0) is 0 Å². The summed E-state index contributed by atoms with van der Waals surface area (Å²) in [6.07, 6.45) is 0. The number of carbonyl (C=O) groups is 2. The maximum atomic E-state index is 13.5. The highest BCUT2D eigenvalue weighted by Crippen LogP contribution is 2.26. The number of hydrogen-bond donors (Lipinski definition) is 1. The molecule has 0 bridgehead atoms. The molecule has 1 saturated heterocycles. The summed E-state index contributed by atoms with van der Waals surface area (Å²) in [5.74, 6) is -0.384. The molecule has 1 aliphatic heterocycles. The number of nitrogens with one attached hydrogen (secondary N) is 1. The molecular weight excluding hydrogens is 444 g/mol. The van der Waals surface area contributed by atoms with Crippen LogP contribution in [0.15, 0.2) is 72.8 Å². The molecule has 34 heavy (non-hydrogen) atoms. The monoisotopic (exact) mass is 470 g/mol. The van der Waals surface area contributed by atoms with E-state index in [1.165, 1.54) is 22.8 Å². The number of aromatic nitrogens is 1. The summed E-state index contributed by atoms with van der Waals surface area (Å²) in [6, 6.07) is 23.5. The molecular formula is C27H26N4O2S. The second-order valence-electron chi connectivity index (χ2n) is 8.66. The Labute approximate surface area is 203 Å². The quantitative estimate of drug-likeness (QED) is 0.445. The number of amides is 2. The zero-order chi connectivity index (χ0) is 23.7. The molecule has 1 atom stereocenters. The minimum atomic E-state index is -0.310. The molecule has 1 aromatic heterocycles. The van der Waals surface area contributed by atoms with E-state index in [-0.39, 0.29) is 17.9 Å². The van der Waals surface area contributed by atoms with Gasteiger partial charge in [-0.1, -0.05) is 42.5 Å². The Morgan fingerprint density at radius 3 is 2.62 bits per heavy atom. The molecule has 172 valence electrons. The van der Waals surface area contributed by atoms with Gasteiger partial charge in [0.05, 0.1) is 16.0 Å². The van der Waals surface area contributed by atoms with Crippen molar-refractivity contribution in [2.45, 2.75) is 19.9 Å². The molecule has 2 heterocycles. The third-order valence-electron chi connectivity index (χ3n) is 6.25. The molecule has 6 nitrogen and oxygen atoms in total. The van der Waals surface area contributed by atoms with Crippen molar-refractivity contribution in [1.82, 2.24) is 9.27 Å². The average molecular weight is 471 g/mol. The van der Waals surface area contributed by atoms with Gasteiger partial charge in [0.25, 0.3) is 11.8 Å². The number of benzene rings is 3. The van der Waals surface area contributed by atoms with Crippen LogP contribution in [0.5, 0.6) is 0 Å². The first-order valence-corrected chi connectivity index (χ1v) is 12.2. The molecule has 2 amide bonds. The molecule has 0 aliphatic carbocycles. The molecule has 5 rings (SSSR count). The first-order valence-electron chi connectivity index (χ1n) is 11.4. The van der Waals surface area contributed by atoms with Crippen molar-refractivity contribution in [3.63, 3.8) is 0 Å². The maximum absolute atomic E-state index is 13.5. The van der Waals surface area contributed by atoms with E-state index in [4.69, 9.17) is 0 Å². The van der Waals surface area contributed by atoms with E-state index in [1.54, 1.807) is 12.1 Å². The molecule has 0 spiro atoms. The van der Waals surface area contributed by atoms with Crippen molar-refractivity contribution in [3.8, 4) is 0 Å². The van der Waals surface area contributed by atoms with Crippen LogP contribution in [0.25, 0.3) is 10.1 Å². The molecule has 1 N–H and O–H groups in total. The largest absolute Gasteiger partial charge is 0.365 e. The van der Waals surface area contributed by atoms with E-state index in [0.29, 0.717) is 30.0 Å². The van der Waals surface area contributed by atoms with E-state index < -0.39 is 0 Å². The predicted octanol–water partition coefficient (Wildman–Crippen LogP) is 5.21. The van der Waals surface area contributed by atoms with E-state index in [1.807, 2.05) is 41.3 Å². The van der Waals surface area contributed by atoms with Gasteiger partial charge in [0.2, 0.25) is 0 Å². The topological polar surface area (TPSA) is 65.5 Å². The van der Waals surface area contributed by atoms with Crippen molar-refractivity contribution in [3.05, 3.63) is 89.6 Å². The molecule has 0 saturated carbocycles. The average Bonchev–Trinajstić information content (AvgIpc) is 3.28. The van der Waals surface area contributed by atoms with Gasteiger partial charge >= 0.3 is 0 Å². The highest BCUT2D eigenvalue weighted by Gasteiger charge is 2.29. The lowest BCUT2D eigenvalue weighted by Gasteiger charge is -2.41. The fourth-order valence-corrected chi connectivity index (χ4v) is 5.29. The second kappa shape index (κ2) is 9.27. The van der Waals surface area contributed by atoms with Gasteiger partial charge in [0.1, 0.15) is 5.69 Å². The fourth-order valence-electron chi connectivity index (χ4n) is 4.51. The Bertz CT molecular complexity index is 1370. The Kier molecular flexibility index (Phi) is 6.02. The van der Waals surface area contributed by atoms with Crippen LogP contribution >= 0.6 is 11.5 Å². The maximum Gasteiger partial charge on any atom is 0.276 e. The molecule has 0 unspecified atom stereocenters. The van der Waals surface area contributed by atoms with Crippen molar-refractivity contribution in [2.24, 2.45) is 0 Å². The molecule has 1 fully saturated rings. The zero-order valence-corrected chi connectivity index (χ0v) is 20.0. The van der Waals surface area contributed by atoms with Crippen molar-refractivity contribution in [2.75, 3.05) is 29.9 Å². The van der Waals surface area contributed by atoms with Crippen LogP contribution < -0.4 is 10.2 Å². The van der Waals surface area contributed by atoms with Gasteiger partial charge in [-0.05, 0) is 61.3 Å². The summed E-state index contributed by atoms with van der Waals surface area (Å²) >= 11 is 1.29. The van der Waals surface area contributed by atoms with Gasteiger partial charge in [-0.2, -0.15) is 4.37 Å². The lowest BCUT2D eigenvalue weighted by molar-refractivity contribution is 0.0727. The van der Waals surface area contributed by atoms with E-state index in [0.717, 1.165) is 16.6 Å². The van der Waals surface area contributed by atoms with Gasteiger partial charge < -0.3 is 15.1 Å². The summed E-state index contributed by atoms with van der Waals surface area (Å²) < 4.78 is 5.29. The summed E-state index contributed by atoms with van der Waals surface area (Å²) in [7, 11) is 0. The lowest BCUT2D eigenvalue weighted by Crippen LogP contribution is -2.53. The van der Waals surface area contributed by atoms with E-state index >= 15 is 0 Å². The number of rotatable bonds is 4. The summed E-state index contributed by atoms with van der Waals surface area (Å²) in [4.78, 5) is 30.7. The zero-order valence-electron chi connectivity index (χ0n) is 19.2. The van der Waals surface area contributed by atoms with Gasteiger partial charge in [-0.15, -0.1) is 0 Å². The Morgan fingerprint density at radius 1 is 1.00 bits per heavy atom. The summed E-state index contributed by atoms with van der Waals surface area (Å²) in [5.41, 5.74) is 3.78. The highest BCUT2D eigenvalue weighted by atomic mass is 32.1. The third kappa shape index (κ3) is 4.26. The Balaban J connectivity index is 1.33. The van der Waals surface area contributed by atoms with E-state index in [2.05, 4.69) is 52.7 Å². The number of fused-ring (bicyclic) bond motifs is 1. The van der Waals surface area contributed by atoms with Crippen LogP contribution in [-0.4, -0.2) is 46.8 Å². The molecule has 7 heteroatoms. The number of anilines is 2. The van der Waals surface area contributed by atoms with Crippen molar-refractivity contribution in [1.29, 1.82) is 0 Å². The molecule has 1 aliphatic rings. The SMILES string of the molecule is Cc1cccc(N2CCN(C(=O)c3ccccc3NC(=O)c3nsc4ccccc34)C[C@@H]2C)c1. The number of para-hydroxylation sites is 1. The Morgan fingerprint density at radius 2 is 1.79 bits per heavy atom. The third-order valence-corrected chi connectivity index (χ3v) is 7.07. The number of nitrogens with zero attached hydrogens (tertiary/aromatic N) is 3. The minimum absolute atomic E-state index is 0.0743. The second-order valence-corrected chi connectivity index (χ2v) is 9.46. The van der Waals surface area contributed by atoms with Crippen LogP contribution in [0.3, 0.4) is 0 Å². The highest BCUT2D eigenvalue weighted by molar-refractivity contribution is 7.13. The smallest absolute Gasteiger partial charge is 0.276 e. The fraction of sp³-hybridized carbons (Fsp3) is 0.222. The normalized spacial score (nSPS) is 16.0. The van der Waals surface area contributed by atoms with Crippen LogP contribution in [0.4, 0.5) is 11.4 Å². The molecule has 3 aromatic carbocycles. The minimum Gasteiger partial charge on any atom is -0.365 e. The van der Waals surface area contributed by atoms with Crippen molar-refractivity contribution < 1.29 is 9.59 Å².